The van der Waals surface area contributed by atoms with Gasteiger partial charge in [0.1, 0.15) is 0 Å². The highest BCUT2D eigenvalue weighted by atomic mass is 16.2. The second kappa shape index (κ2) is 4.13. The Morgan fingerprint density at radius 3 is 2.67 bits per heavy atom. The fraction of sp³-hybridized carbons (Fsp3) is 0.273. The number of benzene rings is 1. The molecule has 1 saturated heterocycles. The molecule has 2 rings (SSSR count). The summed E-state index contributed by atoms with van der Waals surface area (Å²) in [5, 5.41) is 5.46. The maximum Gasteiger partial charge on any atom is 0.251 e. The van der Waals surface area contributed by atoms with Crippen LogP contribution in [0.3, 0.4) is 0 Å². The molecule has 2 amide bonds. The number of β-lactam (4-membered cyclic amide) rings is 1. The molecule has 1 heterocycles. The van der Waals surface area contributed by atoms with E-state index in [1.54, 1.807) is 12.1 Å². The highest BCUT2D eigenvalue weighted by Crippen LogP contribution is 2.03. The van der Waals surface area contributed by atoms with Crippen LogP contribution in [-0.4, -0.2) is 24.4 Å². The standard InChI is InChI=1S/C11H12N2O2/c14-10-6-9(13-10)7-12-11(15)8-4-2-1-3-5-8/h1-5,9H,6-7H2,(H,12,15)(H,13,14). The lowest BCUT2D eigenvalue weighted by Gasteiger charge is -2.26. The van der Waals surface area contributed by atoms with Gasteiger partial charge in [-0.25, -0.2) is 0 Å². The summed E-state index contributed by atoms with van der Waals surface area (Å²) in [6.07, 6.45) is 0.509. The minimum atomic E-state index is -0.100. The Balaban J connectivity index is 1.80. The number of nitrogens with one attached hydrogen (secondary N) is 2. The average Bonchev–Trinajstić information content (AvgIpc) is 2.23. The molecule has 78 valence electrons. The Morgan fingerprint density at radius 2 is 2.07 bits per heavy atom. The fourth-order valence-corrected chi connectivity index (χ4v) is 1.46. The van der Waals surface area contributed by atoms with E-state index in [4.69, 9.17) is 0 Å². The molecule has 0 aliphatic carbocycles. The fourth-order valence-electron chi connectivity index (χ4n) is 1.46. The number of rotatable bonds is 3. The molecule has 15 heavy (non-hydrogen) atoms. The first-order valence-corrected chi connectivity index (χ1v) is 4.88. The molecule has 1 aliphatic rings. The molecule has 1 atom stereocenters. The van der Waals surface area contributed by atoms with E-state index in [0.717, 1.165) is 0 Å². The molecule has 0 radical (unpaired) electrons. The van der Waals surface area contributed by atoms with Gasteiger partial charge in [0.15, 0.2) is 0 Å². The van der Waals surface area contributed by atoms with Crippen molar-refractivity contribution in [2.45, 2.75) is 12.5 Å². The Morgan fingerprint density at radius 1 is 1.40 bits per heavy atom. The normalized spacial score (nSPS) is 18.9. The van der Waals surface area contributed by atoms with Crippen LogP contribution in [0.2, 0.25) is 0 Å². The molecular formula is C11H12N2O2. The number of carbonyl (C=O) groups excluding carboxylic acids is 2. The lowest BCUT2D eigenvalue weighted by Crippen LogP contribution is -2.54. The van der Waals surface area contributed by atoms with Gasteiger partial charge in [-0.1, -0.05) is 18.2 Å². The zero-order valence-corrected chi connectivity index (χ0v) is 8.19. The third-order valence-corrected chi connectivity index (χ3v) is 2.34. The number of hydrogen-bond acceptors (Lipinski definition) is 2. The third kappa shape index (κ3) is 2.34. The molecular weight excluding hydrogens is 192 g/mol. The van der Waals surface area contributed by atoms with E-state index < -0.39 is 0 Å². The summed E-state index contributed by atoms with van der Waals surface area (Å²) in [5.74, 6) is -0.0503. The van der Waals surface area contributed by atoms with Gasteiger partial charge in [-0.05, 0) is 12.1 Å². The lowest BCUT2D eigenvalue weighted by molar-refractivity contribution is -0.128. The summed E-state index contributed by atoms with van der Waals surface area (Å²) in [5.41, 5.74) is 0.642. The van der Waals surface area contributed by atoms with Crippen molar-refractivity contribution in [1.82, 2.24) is 10.6 Å². The number of amides is 2. The van der Waals surface area contributed by atoms with Gasteiger partial charge in [0.05, 0.1) is 6.04 Å². The van der Waals surface area contributed by atoms with Crippen molar-refractivity contribution in [2.24, 2.45) is 0 Å². The van der Waals surface area contributed by atoms with E-state index in [1.165, 1.54) is 0 Å². The van der Waals surface area contributed by atoms with Crippen molar-refractivity contribution < 1.29 is 9.59 Å². The van der Waals surface area contributed by atoms with Crippen LogP contribution in [0.5, 0.6) is 0 Å². The van der Waals surface area contributed by atoms with E-state index in [0.29, 0.717) is 18.5 Å². The minimum Gasteiger partial charge on any atom is -0.351 e. The van der Waals surface area contributed by atoms with Gasteiger partial charge in [-0.15, -0.1) is 0 Å². The molecule has 0 bridgehead atoms. The summed E-state index contributed by atoms with van der Waals surface area (Å²) in [6, 6.07) is 9.12. The van der Waals surface area contributed by atoms with Crippen LogP contribution >= 0.6 is 0 Å². The molecule has 1 unspecified atom stereocenters. The van der Waals surface area contributed by atoms with Crippen molar-refractivity contribution in [1.29, 1.82) is 0 Å². The van der Waals surface area contributed by atoms with Crippen LogP contribution < -0.4 is 10.6 Å². The van der Waals surface area contributed by atoms with Crippen LogP contribution in [0.15, 0.2) is 30.3 Å². The van der Waals surface area contributed by atoms with Gasteiger partial charge in [-0.3, -0.25) is 9.59 Å². The number of carbonyl (C=O) groups is 2. The minimum absolute atomic E-state index is 0.0500. The van der Waals surface area contributed by atoms with Crippen LogP contribution in [-0.2, 0) is 4.79 Å². The molecule has 0 aromatic heterocycles. The molecule has 1 fully saturated rings. The Bertz CT molecular complexity index is 367. The van der Waals surface area contributed by atoms with Crippen LogP contribution in [0.25, 0.3) is 0 Å². The summed E-state index contributed by atoms with van der Waals surface area (Å²) in [4.78, 5) is 22.1. The average molecular weight is 204 g/mol. The highest BCUT2D eigenvalue weighted by Gasteiger charge is 2.25. The Kier molecular flexibility index (Phi) is 2.67. The number of hydrogen-bond donors (Lipinski definition) is 2. The van der Waals surface area contributed by atoms with Crippen molar-refractivity contribution in [3.63, 3.8) is 0 Å². The van der Waals surface area contributed by atoms with Gasteiger partial charge in [0.2, 0.25) is 5.91 Å². The maximum absolute atomic E-state index is 11.5. The van der Waals surface area contributed by atoms with Crippen molar-refractivity contribution in [2.75, 3.05) is 6.54 Å². The second-order valence-corrected chi connectivity index (χ2v) is 3.54. The summed E-state index contributed by atoms with van der Waals surface area (Å²) in [6.45, 7) is 0.499. The van der Waals surface area contributed by atoms with E-state index in [9.17, 15) is 9.59 Å². The molecule has 1 aromatic carbocycles. The van der Waals surface area contributed by atoms with Crippen molar-refractivity contribution in [3.05, 3.63) is 35.9 Å². The molecule has 0 saturated carbocycles. The maximum atomic E-state index is 11.5. The molecule has 1 aliphatic heterocycles. The van der Waals surface area contributed by atoms with Gasteiger partial charge in [-0.2, -0.15) is 0 Å². The summed E-state index contributed by atoms with van der Waals surface area (Å²) in [7, 11) is 0. The van der Waals surface area contributed by atoms with Crippen LogP contribution in [0.1, 0.15) is 16.8 Å². The van der Waals surface area contributed by atoms with E-state index in [2.05, 4.69) is 10.6 Å². The predicted octanol–water partition coefficient (Wildman–Crippen LogP) is 0.305. The lowest BCUT2D eigenvalue weighted by atomic mass is 10.1. The molecule has 0 spiro atoms. The van der Waals surface area contributed by atoms with E-state index >= 15 is 0 Å². The first-order chi connectivity index (χ1) is 7.25. The van der Waals surface area contributed by atoms with E-state index in [-0.39, 0.29) is 17.9 Å². The predicted molar refractivity (Wildman–Crippen MR) is 55.3 cm³/mol. The first kappa shape index (κ1) is 9.71. The van der Waals surface area contributed by atoms with Gasteiger partial charge in [0.25, 0.3) is 5.91 Å². The smallest absolute Gasteiger partial charge is 0.251 e. The van der Waals surface area contributed by atoms with E-state index in [1.807, 2.05) is 18.2 Å². The van der Waals surface area contributed by atoms with Gasteiger partial charge < -0.3 is 10.6 Å². The molecule has 1 aromatic rings. The molecule has 2 N–H and O–H groups in total. The highest BCUT2D eigenvalue weighted by molar-refractivity contribution is 5.94. The van der Waals surface area contributed by atoms with Gasteiger partial charge >= 0.3 is 0 Å². The summed E-state index contributed by atoms with van der Waals surface area (Å²) < 4.78 is 0. The third-order valence-electron chi connectivity index (χ3n) is 2.34. The van der Waals surface area contributed by atoms with Crippen LogP contribution in [0, 0.1) is 0 Å². The molecule has 4 heteroatoms. The quantitative estimate of drug-likeness (QED) is 0.696. The Labute approximate surface area is 87.7 Å². The van der Waals surface area contributed by atoms with Crippen molar-refractivity contribution in [3.8, 4) is 0 Å². The Hall–Kier alpha value is -1.84. The molecule has 4 nitrogen and oxygen atoms in total. The zero-order valence-electron chi connectivity index (χ0n) is 8.19. The summed E-state index contributed by atoms with van der Waals surface area (Å²) >= 11 is 0. The zero-order chi connectivity index (χ0) is 10.7. The topological polar surface area (TPSA) is 58.2 Å². The van der Waals surface area contributed by atoms with Gasteiger partial charge in [0, 0.05) is 18.5 Å². The van der Waals surface area contributed by atoms with Crippen LogP contribution in [0.4, 0.5) is 0 Å². The largest absolute Gasteiger partial charge is 0.351 e. The second-order valence-electron chi connectivity index (χ2n) is 3.54. The monoisotopic (exact) mass is 204 g/mol. The van der Waals surface area contributed by atoms with Crippen molar-refractivity contribution >= 4 is 11.8 Å². The SMILES string of the molecule is O=C1CC(CNC(=O)c2ccccc2)N1. The first-order valence-electron chi connectivity index (χ1n) is 4.88.